The van der Waals surface area contributed by atoms with Gasteiger partial charge >= 0.3 is 0 Å². The number of sulfonamides is 1. The third kappa shape index (κ3) is 5.46. The van der Waals surface area contributed by atoms with Gasteiger partial charge in [0.2, 0.25) is 15.9 Å². The Morgan fingerprint density at radius 3 is 2.34 bits per heavy atom. The highest BCUT2D eigenvalue weighted by Crippen LogP contribution is 2.33. The quantitative estimate of drug-likeness (QED) is 0.601. The average molecular weight is 504 g/mol. The van der Waals surface area contributed by atoms with E-state index < -0.39 is 10.0 Å². The second kappa shape index (κ2) is 10.5. The molecule has 7 nitrogen and oxygen atoms in total. The number of ether oxygens (including phenoxy) is 1. The Labute approximate surface area is 207 Å². The van der Waals surface area contributed by atoms with E-state index in [0.717, 1.165) is 11.3 Å². The summed E-state index contributed by atoms with van der Waals surface area (Å²) in [4.78, 5) is 17.5. The van der Waals surface area contributed by atoms with Crippen LogP contribution >= 0.6 is 0 Å². The molecule has 0 saturated carbocycles. The number of piperidine rings is 1. The van der Waals surface area contributed by atoms with Gasteiger partial charge in [0.25, 0.3) is 0 Å². The molecule has 2 aliphatic rings. The molecule has 35 heavy (non-hydrogen) atoms. The zero-order valence-corrected chi connectivity index (χ0v) is 21.4. The number of rotatable bonds is 6. The van der Waals surface area contributed by atoms with E-state index in [9.17, 15) is 17.6 Å². The molecular formula is C26H34FN3O4S. The molecule has 2 aromatic carbocycles. The van der Waals surface area contributed by atoms with E-state index in [4.69, 9.17) is 4.74 Å². The standard InChI is InChI=1S/C26H34FN3O4S/c1-19(2)20-6-11-24(34-3)25(17-20)35(32,33)30-12-4-5-21(18-30)26(31)29-15-13-28(14-16-29)23-9-7-22(27)8-10-23/h6-11,17,19,21H,4-5,12-16,18H2,1-3H3/t21-/m1/s1. The number of hydrogen-bond donors (Lipinski definition) is 0. The average Bonchev–Trinajstić information content (AvgIpc) is 2.88. The molecule has 2 aliphatic heterocycles. The van der Waals surface area contributed by atoms with Gasteiger partial charge in [0, 0.05) is 45.0 Å². The molecule has 2 heterocycles. The monoisotopic (exact) mass is 503 g/mol. The van der Waals surface area contributed by atoms with Crippen molar-refractivity contribution in [3.8, 4) is 5.75 Å². The van der Waals surface area contributed by atoms with Crippen LogP contribution in [0.5, 0.6) is 5.75 Å². The van der Waals surface area contributed by atoms with Gasteiger partial charge in [0.05, 0.1) is 13.0 Å². The van der Waals surface area contributed by atoms with Gasteiger partial charge in [-0.1, -0.05) is 19.9 Å². The normalized spacial score (nSPS) is 19.7. The number of carbonyl (C=O) groups excluding carboxylic acids is 1. The summed E-state index contributed by atoms with van der Waals surface area (Å²) in [5.74, 6) is -0.131. The molecule has 190 valence electrons. The maximum Gasteiger partial charge on any atom is 0.246 e. The van der Waals surface area contributed by atoms with Gasteiger partial charge in [-0.25, -0.2) is 12.8 Å². The number of carbonyl (C=O) groups is 1. The summed E-state index contributed by atoms with van der Waals surface area (Å²) in [5.41, 5.74) is 1.86. The minimum Gasteiger partial charge on any atom is -0.495 e. The number of amides is 1. The number of anilines is 1. The summed E-state index contributed by atoms with van der Waals surface area (Å²) >= 11 is 0. The van der Waals surface area contributed by atoms with E-state index in [1.165, 1.54) is 23.5 Å². The second-order valence-electron chi connectivity index (χ2n) is 9.56. The third-order valence-electron chi connectivity index (χ3n) is 6.99. The van der Waals surface area contributed by atoms with Gasteiger partial charge in [-0.15, -0.1) is 0 Å². The van der Waals surface area contributed by atoms with Crippen molar-refractivity contribution in [3.05, 3.63) is 53.8 Å². The number of methoxy groups -OCH3 is 1. The van der Waals surface area contributed by atoms with Crippen molar-refractivity contribution in [2.75, 3.05) is 51.3 Å². The molecule has 2 fully saturated rings. The fraction of sp³-hybridized carbons (Fsp3) is 0.500. The number of halogens is 1. The molecule has 1 atom stereocenters. The lowest BCUT2D eigenvalue weighted by atomic mass is 9.97. The van der Waals surface area contributed by atoms with Gasteiger partial charge < -0.3 is 14.5 Å². The van der Waals surface area contributed by atoms with Crippen molar-refractivity contribution in [1.29, 1.82) is 0 Å². The zero-order valence-electron chi connectivity index (χ0n) is 20.6. The molecule has 0 N–H and O–H groups in total. The second-order valence-corrected chi connectivity index (χ2v) is 11.5. The lowest BCUT2D eigenvalue weighted by Gasteiger charge is -2.39. The summed E-state index contributed by atoms with van der Waals surface area (Å²) < 4.78 is 47.2. The molecule has 0 spiro atoms. The van der Waals surface area contributed by atoms with Gasteiger partial charge in [-0.05, 0) is 60.7 Å². The highest BCUT2D eigenvalue weighted by atomic mass is 32.2. The third-order valence-corrected chi connectivity index (χ3v) is 8.87. The SMILES string of the molecule is COc1ccc(C(C)C)cc1S(=O)(=O)N1CCC[C@@H](C(=O)N2CCN(c3ccc(F)cc3)CC2)C1. The van der Waals surface area contributed by atoms with Crippen LogP contribution in [0.3, 0.4) is 0 Å². The summed E-state index contributed by atoms with van der Waals surface area (Å²) in [6.07, 6.45) is 1.31. The van der Waals surface area contributed by atoms with E-state index in [-0.39, 0.29) is 35.0 Å². The first-order valence-corrected chi connectivity index (χ1v) is 13.6. The molecule has 0 aromatic heterocycles. The van der Waals surface area contributed by atoms with Crippen molar-refractivity contribution in [3.63, 3.8) is 0 Å². The molecule has 0 aliphatic carbocycles. The Kier molecular flexibility index (Phi) is 7.66. The predicted octanol–water partition coefficient (Wildman–Crippen LogP) is 3.71. The van der Waals surface area contributed by atoms with Crippen molar-refractivity contribution in [2.45, 2.75) is 37.5 Å². The van der Waals surface area contributed by atoms with E-state index in [0.29, 0.717) is 51.3 Å². The number of hydrogen-bond acceptors (Lipinski definition) is 5. The predicted molar refractivity (Wildman–Crippen MR) is 134 cm³/mol. The number of nitrogens with zero attached hydrogens (tertiary/aromatic N) is 3. The van der Waals surface area contributed by atoms with Crippen LogP contribution in [0.2, 0.25) is 0 Å². The van der Waals surface area contributed by atoms with Crippen LogP contribution in [0.25, 0.3) is 0 Å². The maximum absolute atomic E-state index is 13.6. The molecule has 9 heteroatoms. The molecule has 0 unspecified atom stereocenters. The van der Waals surface area contributed by atoms with E-state index >= 15 is 0 Å². The zero-order chi connectivity index (χ0) is 25.2. The Bertz CT molecular complexity index is 1150. The first kappa shape index (κ1) is 25.4. The van der Waals surface area contributed by atoms with Crippen molar-refractivity contribution in [2.24, 2.45) is 5.92 Å². The Morgan fingerprint density at radius 1 is 1.03 bits per heavy atom. The largest absolute Gasteiger partial charge is 0.495 e. The fourth-order valence-electron chi connectivity index (χ4n) is 4.85. The van der Waals surface area contributed by atoms with Crippen LogP contribution in [-0.2, 0) is 14.8 Å². The van der Waals surface area contributed by atoms with Crippen LogP contribution in [0.1, 0.15) is 38.2 Å². The minimum atomic E-state index is -3.81. The summed E-state index contributed by atoms with van der Waals surface area (Å²) in [7, 11) is -2.34. The summed E-state index contributed by atoms with van der Waals surface area (Å²) in [5, 5.41) is 0. The van der Waals surface area contributed by atoms with E-state index in [1.54, 1.807) is 24.3 Å². The molecule has 4 rings (SSSR count). The van der Waals surface area contributed by atoms with Crippen LogP contribution in [-0.4, -0.2) is 69.9 Å². The lowest BCUT2D eigenvalue weighted by molar-refractivity contribution is -0.137. The van der Waals surface area contributed by atoms with E-state index in [2.05, 4.69) is 4.90 Å². The van der Waals surface area contributed by atoms with Gasteiger partial charge in [-0.2, -0.15) is 4.31 Å². The number of benzene rings is 2. The van der Waals surface area contributed by atoms with Crippen LogP contribution in [0.15, 0.2) is 47.4 Å². The van der Waals surface area contributed by atoms with Gasteiger partial charge in [0.1, 0.15) is 16.5 Å². The highest BCUT2D eigenvalue weighted by molar-refractivity contribution is 7.89. The Balaban J connectivity index is 1.44. The molecule has 2 saturated heterocycles. The first-order chi connectivity index (χ1) is 16.7. The minimum absolute atomic E-state index is 0.00607. The Morgan fingerprint density at radius 2 is 1.71 bits per heavy atom. The maximum atomic E-state index is 13.6. The van der Waals surface area contributed by atoms with Crippen molar-refractivity contribution < 1.29 is 22.3 Å². The lowest BCUT2D eigenvalue weighted by Crippen LogP contribution is -2.53. The molecule has 2 aromatic rings. The van der Waals surface area contributed by atoms with Crippen molar-refractivity contribution >= 4 is 21.6 Å². The van der Waals surface area contributed by atoms with Gasteiger partial charge in [-0.3, -0.25) is 4.79 Å². The first-order valence-electron chi connectivity index (χ1n) is 12.2. The van der Waals surface area contributed by atoms with E-state index in [1.807, 2.05) is 24.8 Å². The number of piperazine rings is 1. The smallest absolute Gasteiger partial charge is 0.246 e. The Hall–Kier alpha value is -2.65. The van der Waals surface area contributed by atoms with Crippen LogP contribution in [0.4, 0.5) is 10.1 Å². The topological polar surface area (TPSA) is 70.2 Å². The molecule has 0 bridgehead atoms. The summed E-state index contributed by atoms with van der Waals surface area (Å²) in [6, 6.07) is 11.7. The van der Waals surface area contributed by atoms with Crippen LogP contribution < -0.4 is 9.64 Å². The summed E-state index contributed by atoms with van der Waals surface area (Å²) in [6.45, 7) is 7.03. The molecular weight excluding hydrogens is 469 g/mol. The molecule has 0 radical (unpaired) electrons. The fourth-order valence-corrected chi connectivity index (χ4v) is 6.56. The highest BCUT2D eigenvalue weighted by Gasteiger charge is 2.37. The van der Waals surface area contributed by atoms with Crippen molar-refractivity contribution in [1.82, 2.24) is 9.21 Å². The van der Waals surface area contributed by atoms with Crippen LogP contribution in [0, 0.1) is 11.7 Å². The molecule has 1 amide bonds. The van der Waals surface area contributed by atoms with Gasteiger partial charge in [0.15, 0.2) is 0 Å².